The fourth-order valence-corrected chi connectivity index (χ4v) is 3.25. The Morgan fingerprint density at radius 1 is 1.17 bits per heavy atom. The van der Waals surface area contributed by atoms with E-state index in [1.165, 1.54) is 22.9 Å². The Hall–Kier alpha value is -2.33. The van der Waals surface area contributed by atoms with Crippen LogP contribution in [0.5, 0.6) is 0 Å². The molecular formula is C19H18N2OS. The van der Waals surface area contributed by atoms with Crippen LogP contribution in [0.2, 0.25) is 0 Å². The summed E-state index contributed by atoms with van der Waals surface area (Å²) in [4.78, 5) is 17.4. The molecule has 1 N–H and O–H groups in total. The summed E-state index contributed by atoms with van der Waals surface area (Å²) in [6, 6.07) is 16.1. The van der Waals surface area contributed by atoms with Crippen LogP contribution in [0.4, 0.5) is 5.69 Å². The first-order chi connectivity index (χ1) is 11.2. The number of aliphatic imine (C=N–C) groups is 1. The van der Waals surface area contributed by atoms with Gasteiger partial charge in [-0.25, -0.2) is 4.99 Å². The van der Waals surface area contributed by atoms with Crippen molar-refractivity contribution in [3.63, 3.8) is 0 Å². The molecule has 0 aliphatic carbocycles. The minimum Gasteiger partial charge on any atom is -0.300 e. The zero-order valence-electron chi connectivity index (χ0n) is 13.2. The van der Waals surface area contributed by atoms with Crippen molar-refractivity contribution in [2.75, 3.05) is 0 Å². The van der Waals surface area contributed by atoms with Gasteiger partial charge in [0.25, 0.3) is 5.91 Å². The molecular weight excluding hydrogens is 304 g/mol. The van der Waals surface area contributed by atoms with Gasteiger partial charge in [-0.05, 0) is 48.4 Å². The Balaban J connectivity index is 1.86. The number of amides is 1. The molecule has 0 aromatic heterocycles. The first-order valence-corrected chi connectivity index (χ1v) is 8.41. The number of aryl methyl sites for hydroxylation is 2. The fourth-order valence-electron chi connectivity index (χ4n) is 2.42. The number of rotatable bonds is 3. The molecule has 3 nitrogen and oxygen atoms in total. The van der Waals surface area contributed by atoms with Crippen molar-refractivity contribution in [3.05, 3.63) is 70.1 Å². The van der Waals surface area contributed by atoms with Crippen molar-refractivity contribution in [2.45, 2.75) is 20.3 Å². The topological polar surface area (TPSA) is 41.5 Å². The Morgan fingerprint density at radius 3 is 2.78 bits per heavy atom. The minimum atomic E-state index is -0.0933. The molecule has 0 atom stereocenters. The second-order valence-corrected chi connectivity index (χ2v) is 6.41. The van der Waals surface area contributed by atoms with Gasteiger partial charge in [0.2, 0.25) is 0 Å². The molecule has 0 radical (unpaired) electrons. The number of benzene rings is 2. The standard InChI is InChI=1S/C19H18N2OS/c1-3-15-9-4-5-10-16(15)20-19-21-18(22)17(23-19)12-14-8-6-7-13(2)11-14/h4-12H,3H2,1-2H3,(H,20,21,22)/b17-12-. The smallest absolute Gasteiger partial charge is 0.264 e. The Bertz CT molecular complexity index is 809. The van der Waals surface area contributed by atoms with Crippen molar-refractivity contribution in [3.8, 4) is 0 Å². The van der Waals surface area contributed by atoms with Crippen molar-refractivity contribution in [1.82, 2.24) is 5.32 Å². The SMILES string of the molecule is CCc1ccccc1N=C1NC(=O)/C(=C/c2cccc(C)c2)S1. The van der Waals surface area contributed by atoms with Gasteiger partial charge in [0.05, 0.1) is 10.6 Å². The molecule has 1 fully saturated rings. The summed E-state index contributed by atoms with van der Waals surface area (Å²) >= 11 is 1.38. The second-order valence-electron chi connectivity index (χ2n) is 5.38. The van der Waals surface area contributed by atoms with Gasteiger partial charge in [0.1, 0.15) is 0 Å². The summed E-state index contributed by atoms with van der Waals surface area (Å²) in [5.41, 5.74) is 4.28. The number of hydrogen-bond acceptors (Lipinski definition) is 3. The van der Waals surface area contributed by atoms with E-state index in [1.807, 2.05) is 49.4 Å². The zero-order chi connectivity index (χ0) is 16.2. The van der Waals surface area contributed by atoms with Gasteiger partial charge in [-0.3, -0.25) is 4.79 Å². The fraction of sp³-hybridized carbons (Fsp3) is 0.158. The summed E-state index contributed by atoms with van der Waals surface area (Å²) in [5, 5.41) is 3.48. The molecule has 2 aromatic carbocycles. The summed E-state index contributed by atoms with van der Waals surface area (Å²) in [6.45, 7) is 4.14. The highest BCUT2D eigenvalue weighted by Crippen LogP contribution is 2.29. The lowest BCUT2D eigenvalue weighted by molar-refractivity contribution is -0.115. The average molecular weight is 322 g/mol. The number of nitrogens with one attached hydrogen (secondary N) is 1. The number of carbonyl (C=O) groups excluding carboxylic acids is 1. The van der Waals surface area contributed by atoms with Crippen LogP contribution in [-0.2, 0) is 11.2 Å². The number of amidine groups is 1. The number of para-hydroxylation sites is 1. The molecule has 1 amide bonds. The largest absolute Gasteiger partial charge is 0.300 e. The number of carbonyl (C=O) groups is 1. The molecule has 1 aliphatic rings. The molecule has 1 heterocycles. The molecule has 0 bridgehead atoms. The van der Waals surface area contributed by atoms with Crippen LogP contribution >= 0.6 is 11.8 Å². The van der Waals surface area contributed by atoms with Crippen molar-refractivity contribution < 1.29 is 4.79 Å². The van der Waals surface area contributed by atoms with E-state index in [2.05, 4.69) is 29.4 Å². The number of hydrogen-bond donors (Lipinski definition) is 1. The van der Waals surface area contributed by atoms with Crippen LogP contribution in [0.3, 0.4) is 0 Å². The third-order valence-electron chi connectivity index (χ3n) is 3.59. The monoisotopic (exact) mass is 322 g/mol. The van der Waals surface area contributed by atoms with E-state index < -0.39 is 0 Å². The van der Waals surface area contributed by atoms with E-state index in [4.69, 9.17) is 0 Å². The van der Waals surface area contributed by atoms with E-state index in [0.717, 1.165) is 17.7 Å². The molecule has 0 spiro atoms. The second kappa shape index (κ2) is 6.84. The van der Waals surface area contributed by atoms with Crippen LogP contribution in [0.15, 0.2) is 58.4 Å². The van der Waals surface area contributed by atoms with Gasteiger partial charge in [0, 0.05) is 0 Å². The van der Waals surface area contributed by atoms with Crippen molar-refractivity contribution in [2.24, 2.45) is 4.99 Å². The quantitative estimate of drug-likeness (QED) is 0.848. The third kappa shape index (κ3) is 3.71. The molecule has 2 aromatic rings. The lowest BCUT2D eigenvalue weighted by Gasteiger charge is -2.02. The lowest BCUT2D eigenvalue weighted by Crippen LogP contribution is -2.19. The van der Waals surface area contributed by atoms with Crippen LogP contribution in [0, 0.1) is 6.92 Å². The van der Waals surface area contributed by atoms with E-state index in [0.29, 0.717) is 10.1 Å². The van der Waals surface area contributed by atoms with Crippen LogP contribution in [0.25, 0.3) is 6.08 Å². The minimum absolute atomic E-state index is 0.0933. The summed E-state index contributed by atoms with van der Waals surface area (Å²) in [5.74, 6) is -0.0933. The van der Waals surface area contributed by atoms with Gasteiger partial charge in [-0.1, -0.05) is 55.0 Å². The molecule has 1 saturated heterocycles. The molecule has 1 aliphatic heterocycles. The summed E-state index contributed by atoms with van der Waals surface area (Å²) < 4.78 is 0. The normalized spacial score (nSPS) is 17.7. The summed E-state index contributed by atoms with van der Waals surface area (Å²) in [7, 11) is 0. The maximum Gasteiger partial charge on any atom is 0.264 e. The number of nitrogens with zero attached hydrogens (tertiary/aromatic N) is 1. The molecule has 116 valence electrons. The maximum atomic E-state index is 12.1. The van der Waals surface area contributed by atoms with E-state index in [1.54, 1.807) is 0 Å². The predicted molar refractivity (Wildman–Crippen MR) is 97.8 cm³/mol. The molecule has 4 heteroatoms. The van der Waals surface area contributed by atoms with Gasteiger partial charge in [-0.15, -0.1) is 0 Å². The molecule has 0 unspecified atom stereocenters. The van der Waals surface area contributed by atoms with Gasteiger partial charge < -0.3 is 5.32 Å². The van der Waals surface area contributed by atoms with Gasteiger partial charge in [-0.2, -0.15) is 0 Å². The van der Waals surface area contributed by atoms with Crippen molar-refractivity contribution >= 4 is 34.6 Å². The van der Waals surface area contributed by atoms with Crippen LogP contribution in [-0.4, -0.2) is 11.1 Å². The van der Waals surface area contributed by atoms with Gasteiger partial charge in [0.15, 0.2) is 5.17 Å². The lowest BCUT2D eigenvalue weighted by atomic mass is 10.1. The van der Waals surface area contributed by atoms with E-state index >= 15 is 0 Å². The molecule has 0 saturated carbocycles. The first kappa shape index (κ1) is 15.6. The average Bonchev–Trinajstić information content (AvgIpc) is 2.87. The Kier molecular flexibility index (Phi) is 4.63. The summed E-state index contributed by atoms with van der Waals surface area (Å²) in [6.07, 6.45) is 2.82. The highest BCUT2D eigenvalue weighted by molar-refractivity contribution is 8.18. The predicted octanol–water partition coefficient (Wildman–Crippen LogP) is 4.45. The van der Waals surface area contributed by atoms with Crippen LogP contribution in [0.1, 0.15) is 23.6 Å². The Morgan fingerprint density at radius 2 is 2.00 bits per heavy atom. The zero-order valence-corrected chi connectivity index (χ0v) is 14.0. The third-order valence-corrected chi connectivity index (χ3v) is 4.50. The molecule has 3 rings (SSSR count). The molecule has 23 heavy (non-hydrogen) atoms. The first-order valence-electron chi connectivity index (χ1n) is 7.60. The number of thioether (sulfide) groups is 1. The highest BCUT2D eigenvalue weighted by atomic mass is 32.2. The van der Waals surface area contributed by atoms with E-state index in [9.17, 15) is 4.79 Å². The van der Waals surface area contributed by atoms with Crippen molar-refractivity contribution in [1.29, 1.82) is 0 Å². The Labute approximate surface area is 140 Å². The van der Waals surface area contributed by atoms with Crippen LogP contribution < -0.4 is 5.32 Å². The maximum absolute atomic E-state index is 12.1. The van der Waals surface area contributed by atoms with E-state index in [-0.39, 0.29) is 5.91 Å². The van der Waals surface area contributed by atoms with Gasteiger partial charge >= 0.3 is 0 Å². The highest BCUT2D eigenvalue weighted by Gasteiger charge is 2.23.